The summed E-state index contributed by atoms with van der Waals surface area (Å²) < 4.78 is 6.18. The molecule has 0 spiro atoms. The summed E-state index contributed by atoms with van der Waals surface area (Å²) in [5, 5.41) is 13.9. The zero-order valence-corrected chi connectivity index (χ0v) is 17.8. The number of carbonyl (C=O) groups is 2. The molecular formula is C20H20BrN3O5. The number of ether oxygens (including phenoxy) is 1. The third kappa shape index (κ3) is 4.09. The molecule has 1 fully saturated rings. The van der Waals surface area contributed by atoms with Gasteiger partial charge in [-0.25, -0.2) is 0 Å². The summed E-state index contributed by atoms with van der Waals surface area (Å²) in [6.07, 6.45) is 0.0561. The van der Waals surface area contributed by atoms with Crippen LogP contribution in [0.15, 0.2) is 34.8 Å². The Hall–Kier alpha value is -2.94. The molecule has 1 atom stereocenters. The zero-order valence-electron chi connectivity index (χ0n) is 16.2. The zero-order chi connectivity index (χ0) is 21.3. The summed E-state index contributed by atoms with van der Waals surface area (Å²) in [5.41, 5.74) is 2.96. The van der Waals surface area contributed by atoms with Gasteiger partial charge in [0.25, 0.3) is 5.69 Å². The maximum atomic E-state index is 12.8. The van der Waals surface area contributed by atoms with E-state index in [9.17, 15) is 19.7 Å². The molecule has 3 rings (SSSR count). The summed E-state index contributed by atoms with van der Waals surface area (Å²) in [6.45, 7) is 4.05. The molecule has 9 heteroatoms. The molecule has 1 heterocycles. The van der Waals surface area contributed by atoms with Gasteiger partial charge in [0.15, 0.2) is 0 Å². The first-order chi connectivity index (χ1) is 13.7. The largest absolute Gasteiger partial charge is 0.494 e. The molecule has 152 valence electrons. The van der Waals surface area contributed by atoms with Gasteiger partial charge < -0.3 is 15.0 Å². The van der Waals surface area contributed by atoms with Crippen molar-refractivity contribution >= 4 is 44.8 Å². The van der Waals surface area contributed by atoms with E-state index in [-0.39, 0.29) is 36.2 Å². The number of nitrogens with one attached hydrogen (secondary N) is 1. The molecule has 0 unspecified atom stereocenters. The standard InChI is InChI=1S/C20H20BrN3O5/c1-11-12(2)16(6-5-15(11)21)22-20(26)13-8-19(25)23(10-13)17-7-4-14(24(27)28)9-18(17)29-3/h4-7,9,13H,8,10H2,1-3H3,(H,22,26)/t13-/m1/s1. The van der Waals surface area contributed by atoms with Crippen LogP contribution in [-0.4, -0.2) is 30.4 Å². The highest BCUT2D eigenvalue weighted by molar-refractivity contribution is 9.10. The van der Waals surface area contributed by atoms with Crippen molar-refractivity contribution in [2.24, 2.45) is 5.92 Å². The molecule has 0 bridgehead atoms. The Morgan fingerprint density at radius 1 is 1.28 bits per heavy atom. The van der Waals surface area contributed by atoms with Gasteiger partial charge in [-0.15, -0.1) is 0 Å². The first kappa shape index (κ1) is 20.8. The Balaban J connectivity index is 1.79. The van der Waals surface area contributed by atoms with E-state index in [0.29, 0.717) is 11.4 Å². The Morgan fingerprint density at radius 3 is 2.66 bits per heavy atom. The highest BCUT2D eigenvalue weighted by atomic mass is 79.9. The van der Waals surface area contributed by atoms with Crippen molar-refractivity contribution in [3.63, 3.8) is 0 Å². The van der Waals surface area contributed by atoms with E-state index in [1.54, 1.807) is 0 Å². The smallest absolute Gasteiger partial charge is 0.273 e. The van der Waals surface area contributed by atoms with Crippen molar-refractivity contribution in [1.29, 1.82) is 0 Å². The Kier molecular flexibility index (Phi) is 5.88. The molecule has 1 aliphatic rings. The maximum absolute atomic E-state index is 12.8. The van der Waals surface area contributed by atoms with Crippen LogP contribution in [0.5, 0.6) is 5.75 Å². The second-order valence-electron chi connectivity index (χ2n) is 6.85. The Bertz CT molecular complexity index is 1010. The molecule has 29 heavy (non-hydrogen) atoms. The SMILES string of the molecule is COc1cc([N+](=O)[O-])ccc1N1C[C@H](C(=O)Nc2ccc(Br)c(C)c2C)CC1=O. The van der Waals surface area contributed by atoms with Gasteiger partial charge in [0.1, 0.15) is 5.75 Å². The van der Waals surface area contributed by atoms with Crippen LogP contribution in [-0.2, 0) is 9.59 Å². The highest BCUT2D eigenvalue weighted by Gasteiger charge is 2.36. The third-order valence-electron chi connectivity index (χ3n) is 5.14. The number of hydrogen-bond donors (Lipinski definition) is 1. The normalized spacial score (nSPS) is 16.1. The second kappa shape index (κ2) is 8.20. The quantitative estimate of drug-likeness (QED) is 0.535. The number of rotatable bonds is 5. The van der Waals surface area contributed by atoms with E-state index in [1.165, 1.54) is 30.2 Å². The Labute approximate surface area is 176 Å². The number of non-ortho nitro benzene ring substituents is 1. The van der Waals surface area contributed by atoms with E-state index in [1.807, 2.05) is 26.0 Å². The molecule has 8 nitrogen and oxygen atoms in total. The molecule has 1 saturated heterocycles. The molecular weight excluding hydrogens is 442 g/mol. The fraction of sp³-hybridized carbons (Fsp3) is 0.300. The predicted octanol–water partition coefficient (Wildman–Crippen LogP) is 3.97. The molecule has 0 radical (unpaired) electrons. The van der Waals surface area contributed by atoms with E-state index < -0.39 is 10.8 Å². The van der Waals surface area contributed by atoms with Crippen molar-refractivity contribution in [2.75, 3.05) is 23.9 Å². The number of methoxy groups -OCH3 is 1. The van der Waals surface area contributed by atoms with Crippen molar-refractivity contribution in [3.05, 3.63) is 56.0 Å². The molecule has 0 aliphatic carbocycles. The highest BCUT2D eigenvalue weighted by Crippen LogP contribution is 2.36. The Morgan fingerprint density at radius 2 is 2.00 bits per heavy atom. The third-order valence-corrected chi connectivity index (χ3v) is 6.00. The summed E-state index contributed by atoms with van der Waals surface area (Å²) >= 11 is 3.46. The van der Waals surface area contributed by atoms with Crippen molar-refractivity contribution in [2.45, 2.75) is 20.3 Å². The minimum atomic E-state index is -0.536. The fourth-order valence-corrected chi connectivity index (χ4v) is 3.71. The predicted molar refractivity (Wildman–Crippen MR) is 112 cm³/mol. The average Bonchev–Trinajstić information content (AvgIpc) is 3.09. The number of benzene rings is 2. The van der Waals surface area contributed by atoms with Crippen LogP contribution in [0.2, 0.25) is 0 Å². The molecule has 2 aromatic rings. The molecule has 0 aromatic heterocycles. The molecule has 0 saturated carbocycles. The number of hydrogen-bond acceptors (Lipinski definition) is 5. The van der Waals surface area contributed by atoms with Crippen molar-refractivity contribution in [3.8, 4) is 5.75 Å². The van der Waals surface area contributed by atoms with Crippen molar-refractivity contribution in [1.82, 2.24) is 0 Å². The lowest BCUT2D eigenvalue weighted by Crippen LogP contribution is -2.28. The van der Waals surface area contributed by atoms with Gasteiger partial charge in [0, 0.05) is 29.2 Å². The fourth-order valence-electron chi connectivity index (χ4n) is 3.28. The lowest BCUT2D eigenvalue weighted by molar-refractivity contribution is -0.384. The van der Waals surface area contributed by atoms with E-state index >= 15 is 0 Å². The van der Waals surface area contributed by atoms with Crippen LogP contribution < -0.4 is 15.0 Å². The lowest BCUT2D eigenvalue weighted by Gasteiger charge is -2.19. The number of nitrogens with zero attached hydrogens (tertiary/aromatic N) is 2. The van der Waals surface area contributed by atoms with Crippen LogP contribution in [0.25, 0.3) is 0 Å². The number of anilines is 2. The first-order valence-electron chi connectivity index (χ1n) is 8.92. The number of amides is 2. The van der Waals surface area contributed by atoms with Crippen LogP contribution in [0.3, 0.4) is 0 Å². The number of halogens is 1. The van der Waals surface area contributed by atoms with E-state index in [4.69, 9.17) is 4.74 Å². The summed E-state index contributed by atoms with van der Waals surface area (Å²) in [6, 6.07) is 7.73. The minimum Gasteiger partial charge on any atom is -0.494 e. The number of carbonyl (C=O) groups excluding carboxylic acids is 2. The van der Waals surface area contributed by atoms with Gasteiger partial charge in [-0.05, 0) is 43.2 Å². The van der Waals surface area contributed by atoms with Crippen LogP contribution in [0, 0.1) is 29.9 Å². The summed E-state index contributed by atoms with van der Waals surface area (Å²) in [4.78, 5) is 37.2. The number of nitro benzene ring substituents is 1. The van der Waals surface area contributed by atoms with Gasteiger partial charge in [-0.3, -0.25) is 19.7 Å². The minimum absolute atomic E-state index is 0.0561. The number of nitro groups is 1. The van der Waals surface area contributed by atoms with Gasteiger partial charge >= 0.3 is 0 Å². The molecule has 1 N–H and O–H groups in total. The lowest BCUT2D eigenvalue weighted by atomic mass is 10.1. The summed E-state index contributed by atoms with van der Waals surface area (Å²) in [5.74, 6) is -0.800. The first-order valence-corrected chi connectivity index (χ1v) is 9.71. The van der Waals surface area contributed by atoms with Crippen molar-refractivity contribution < 1.29 is 19.2 Å². The maximum Gasteiger partial charge on any atom is 0.273 e. The van der Waals surface area contributed by atoms with Gasteiger partial charge in [-0.1, -0.05) is 15.9 Å². The topological polar surface area (TPSA) is 102 Å². The molecule has 1 aliphatic heterocycles. The molecule has 2 amide bonds. The van der Waals surface area contributed by atoms with Crippen LogP contribution in [0.4, 0.5) is 17.1 Å². The van der Waals surface area contributed by atoms with Gasteiger partial charge in [0.2, 0.25) is 11.8 Å². The van der Waals surface area contributed by atoms with Crippen LogP contribution >= 0.6 is 15.9 Å². The average molecular weight is 462 g/mol. The van der Waals surface area contributed by atoms with Gasteiger partial charge in [0.05, 0.1) is 29.7 Å². The summed E-state index contributed by atoms with van der Waals surface area (Å²) in [7, 11) is 1.38. The van der Waals surface area contributed by atoms with E-state index in [2.05, 4.69) is 21.2 Å². The van der Waals surface area contributed by atoms with Gasteiger partial charge in [-0.2, -0.15) is 0 Å². The van der Waals surface area contributed by atoms with Crippen LogP contribution in [0.1, 0.15) is 17.5 Å². The molecule has 2 aromatic carbocycles. The monoisotopic (exact) mass is 461 g/mol. The second-order valence-corrected chi connectivity index (χ2v) is 7.71. The van der Waals surface area contributed by atoms with E-state index in [0.717, 1.165) is 15.6 Å².